The van der Waals surface area contributed by atoms with E-state index >= 15 is 0 Å². The Morgan fingerprint density at radius 1 is 1.17 bits per heavy atom. The highest BCUT2D eigenvalue weighted by Gasteiger charge is 2.27. The van der Waals surface area contributed by atoms with Crippen molar-refractivity contribution in [2.24, 2.45) is 0 Å². The summed E-state index contributed by atoms with van der Waals surface area (Å²) < 4.78 is 10.9. The molecule has 1 aliphatic heterocycles. The topological polar surface area (TPSA) is 66.9 Å². The van der Waals surface area contributed by atoms with Crippen LogP contribution in [0.25, 0.3) is 0 Å². The van der Waals surface area contributed by atoms with Crippen molar-refractivity contribution in [2.75, 3.05) is 50.1 Å². The molecule has 2 heterocycles. The number of hydrogen-bond donors (Lipinski definition) is 1. The van der Waals surface area contributed by atoms with E-state index in [-0.39, 0.29) is 12.1 Å². The minimum absolute atomic E-state index is 0.227. The molecular weight excluding hydrogens is 440 g/mol. The maximum Gasteiger partial charge on any atom is 0.344 e. The van der Waals surface area contributed by atoms with Gasteiger partial charge >= 0.3 is 5.97 Å². The molecule has 0 atom stereocenters. The molecule has 0 spiro atoms. The Morgan fingerprint density at radius 3 is 2.49 bits per heavy atom. The smallest absolute Gasteiger partial charge is 0.344 e. The molecule has 1 fully saturated rings. The number of piperazine rings is 1. The number of rotatable bonds is 11. The lowest BCUT2D eigenvalue weighted by Crippen LogP contribution is -2.47. The summed E-state index contributed by atoms with van der Waals surface area (Å²) in [6, 6.07) is 9.41. The van der Waals surface area contributed by atoms with Crippen molar-refractivity contribution in [2.45, 2.75) is 39.7 Å². The van der Waals surface area contributed by atoms with Crippen LogP contribution in [0.15, 0.2) is 60.8 Å². The first-order valence-electron chi connectivity index (χ1n) is 12.3. The standard InChI is InChI=1S/C28H38N4O3/c1-6-8-22(9-7-2)20-31-16-18-32(19-17-31)27-26(28(33)35-21(3)4)25(14-15-29-27)30-23-10-12-24(34-5)13-11-23/h6,8,10-15,21H,1,7,9,16-20H2,2-5H3,(H,29,30)/b22-8+. The fourth-order valence-corrected chi connectivity index (χ4v) is 4.21. The predicted octanol–water partition coefficient (Wildman–Crippen LogP) is 5.43. The van der Waals surface area contributed by atoms with Crippen molar-refractivity contribution in [3.05, 3.63) is 66.4 Å². The molecule has 1 aliphatic rings. The molecule has 2 aromatic rings. The normalized spacial score (nSPS) is 14.7. The number of benzene rings is 1. The second-order valence-electron chi connectivity index (χ2n) is 8.94. The fraction of sp³-hybridized carbons (Fsp3) is 0.429. The maximum atomic E-state index is 13.2. The molecule has 0 amide bonds. The highest BCUT2D eigenvalue weighted by molar-refractivity contribution is 6.01. The average molecular weight is 479 g/mol. The molecule has 3 rings (SSSR count). The molecule has 0 bridgehead atoms. The zero-order chi connectivity index (χ0) is 25.2. The van der Waals surface area contributed by atoms with Crippen LogP contribution < -0.4 is 15.0 Å². The highest BCUT2D eigenvalue weighted by Crippen LogP contribution is 2.30. The van der Waals surface area contributed by atoms with Gasteiger partial charge < -0.3 is 19.7 Å². The van der Waals surface area contributed by atoms with E-state index in [0.29, 0.717) is 17.1 Å². The molecule has 35 heavy (non-hydrogen) atoms. The quantitative estimate of drug-likeness (QED) is 0.341. The Labute approximate surface area is 209 Å². The van der Waals surface area contributed by atoms with Crippen LogP contribution >= 0.6 is 0 Å². The second kappa shape index (κ2) is 13.0. The van der Waals surface area contributed by atoms with Crippen LogP contribution in [-0.4, -0.2) is 61.8 Å². The SMILES string of the molecule is C=C/C=C(\CCC)CN1CCN(c2nccc(Nc3ccc(OC)cc3)c2C(=O)OC(C)C)CC1. The third kappa shape index (κ3) is 7.33. The molecule has 1 N–H and O–H groups in total. The van der Waals surface area contributed by atoms with Crippen molar-refractivity contribution in [3.8, 4) is 5.75 Å². The van der Waals surface area contributed by atoms with E-state index in [0.717, 1.165) is 57.0 Å². The third-order valence-electron chi connectivity index (χ3n) is 5.87. The summed E-state index contributed by atoms with van der Waals surface area (Å²) in [5.41, 5.74) is 3.39. The van der Waals surface area contributed by atoms with Gasteiger partial charge in [-0.25, -0.2) is 9.78 Å². The fourth-order valence-electron chi connectivity index (χ4n) is 4.21. The van der Waals surface area contributed by atoms with Crippen LogP contribution in [0, 0.1) is 0 Å². The number of aromatic nitrogens is 1. The molecule has 0 aliphatic carbocycles. The lowest BCUT2D eigenvalue weighted by atomic mass is 10.1. The number of esters is 1. The first kappa shape index (κ1) is 26.3. The van der Waals surface area contributed by atoms with E-state index in [9.17, 15) is 4.79 Å². The van der Waals surface area contributed by atoms with Gasteiger partial charge in [0.2, 0.25) is 0 Å². The number of pyridine rings is 1. The van der Waals surface area contributed by atoms with Gasteiger partial charge in [0, 0.05) is 44.6 Å². The van der Waals surface area contributed by atoms with Gasteiger partial charge in [-0.1, -0.05) is 37.6 Å². The summed E-state index contributed by atoms with van der Waals surface area (Å²) in [5, 5.41) is 3.37. The van der Waals surface area contributed by atoms with Gasteiger partial charge in [0.05, 0.1) is 18.9 Å². The molecule has 1 aromatic carbocycles. The van der Waals surface area contributed by atoms with E-state index in [1.54, 1.807) is 13.3 Å². The largest absolute Gasteiger partial charge is 0.497 e. The third-order valence-corrected chi connectivity index (χ3v) is 5.87. The van der Waals surface area contributed by atoms with Gasteiger partial charge in [-0.2, -0.15) is 0 Å². The van der Waals surface area contributed by atoms with Crippen LogP contribution in [0.3, 0.4) is 0 Å². The van der Waals surface area contributed by atoms with Gasteiger partial charge in [-0.3, -0.25) is 4.90 Å². The molecule has 0 radical (unpaired) electrons. The molecule has 7 heteroatoms. The Hall–Kier alpha value is -3.32. The van der Waals surface area contributed by atoms with Gasteiger partial charge in [0.25, 0.3) is 0 Å². The molecule has 7 nitrogen and oxygen atoms in total. The van der Waals surface area contributed by atoms with Crippen LogP contribution in [0.4, 0.5) is 17.2 Å². The first-order valence-corrected chi connectivity index (χ1v) is 12.3. The van der Waals surface area contributed by atoms with Crippen LogP contribution in [0.1, 0.15) is 44.0 Å². The van der Waals surface area contributed by atoms with E-state index in [4.69, 9.17) is 9.47 Å². The number of nitrogens with one attached hydrogen (secondary N) is 1. The van der Waals surface area contributed by atoms with Crippen molar-refractivity contribution in [1.82, 2.24) is 9.88 Å². The van der Waals surface area contributed by atoms with Crippen molar-refractivity contribution in [3.63, 3.8) is 0 Å². The number of anilines is 3. The lowest BCUT2D eigenvalue weighted by Gasteiger charge is -2.36. The lowest BCUT2D eigenvalue weighted by molar-refractivity contribution is 0.0379. The monoisotopic (exact) mass is 478 g/mol. The molecule has 188 valence electrons. The number of carbonyl (C=O) groups is 1. The first-order chi connectivity index (χ1) is 16.9. The number of nitrogens with zero attached hydrogens (tertiary/aromatic N) is 3. The number of hydrogen-bond acceptors (Lipinski definition) is 7. The predicted molar refractivity (Wildman–Crippen MR) is 143 cm³/mol. The minimum atomic E-state index is -0.374. The van der Waals surface area contributed by atoms with Gasteiger partial charge in [0.15, 0.2) is 0 Å². The van der Waals surface area contributed by atoms with E-state index in [2.05, 4.69) is 39.7 Å². The summed E-state index contributed by atoms with van der Waals surface area (Å²) in [7, 11) is 1.64. The van der Waals surface area contributed by atoms with Gasteiger partial charge in [0.1, 0.15) is 17.1 Å². The second-order valence-corrected chi connectivity index (χ2v) is 8.94. The molecule has 1 aromatic heterocycles. The molecule has 0 saturated carbocycles. The Bertz CT molecular complexity index is 1010. The highest BCUT2D eigenvalue weighted by atomic mass is 16.5. The number of ether oxygens (including phenoxy) is 2. The van der Waals surface area contributed by atoms with Crippen LogP contribution in [0.2, 0.25) is 0 Å². The van der Waals surface area contributed by atoms with Crippen molar-refractivity contribution >= 4 is 23.2 Å². The van der Waals surface area contributed by atoms with E-state index in [1.807, 2.05) is 50.3 Å². The zero-order valence-electron chi connectivity index (χ0n) is 21.4. The average Bonchev–Trinajstić information content (AvgIpc) is 2.85. The molecular formula is C28H38N4O3. The van der Waals surface area contributed by atoms with Gasteiger partial charge in [-0.05, 0) is 50.6 Å². The van der Waals surface area contributed by atoms with Gasteiger partial charge in [-0.15, -0.1) is 0 Å². The summed E-state index contributed by atoms with van der Waals surface area (Å²) in [6.07, 6.45) is 7.73. The van der Waals surface area contributed by atoms with E-state index in [1.165, 1.54) is 5.57 Å². The number of methoxy groups -OCH3 is 1. The van der Waals surface area contributed by atoms with Crippen LogP contribution in [0.5, 0.6) is 5.75 Å². The summed E-state index contributed by atoms with van der Waals surface area (Å²) >= 11 is 0. The Morgan fingerprint density at radius 2 is 1.89 bits per heavy atom. The molecule has 0 unspecified atom stereocenters. The Balaban J connectivity index is 1.82. The Kier molecular flexibility index (Phi) is 9.73. The van der Waals surface area contributed by atoms with Crippen molar-refractivity contribution in [1.29, 1.82) is 0 Å². The summed E-state index contributed by atoms with van der Waals surface area (Å²) in [5.74, 6) is 1.05. The van der Waals surface area contributed by atoms with Crippen LogP contribution in [-0.2, 0) is 4.74 Å². The summed E-state index contributed by atoms with van der Waals surface area (Å²) in [6.45, 7) is 14.1. The minimum Gasteiger partial charge on any atom is -0.497 e. The zero-order valence-corrected chi connectivity index (χ0v) is 21.4. The molecule has 1 saturated heterocycles. The van der Waals surface area contributed by atoms with Crippen molar-refractivity contribution < 1.29 is 14.3 Å². The maximum absolute atomic E-state index is 13.2. The van der Waals surface area contributed by atoms with E-state index < -0.39 is 0 Å². The summed E-state index contributed by atoms with van der Waals surface area (Å²) in [4.78, 5) is 22.5. The number of allylic oxidation sites excluding steroid dienone is 2. The number of carbonyl (C=O) groups excluding carboxylic acids is 1.